The lowest BCUT2D eigenvalue weighted by Gasteiger charge is -2.46. The van der Waals surface area contributed by atoms with Gasteiger partial charge in [-0.15, -0.1) is 0 Å². The predicted molar refractivity (Wildman–Crippen MR) is 125 cm³/mol. The molecule has 4 rings (SSSR count). The topological polar surface area (TPSA) is 119 Å². The van der Waals surface area contributed by atoms with Gasteiger partial charge in [0.05, 0.1) is 30.0 Å². The van der Waals surface area contributed by atoms with E-state index in [1.807, 2.05) is 22.6 Å². The molecule has 0 bridgehead atoms. The van der Waals surface area contributed by atoms with Gasteiger partial charge in [-0.25, -0.2) is 18.2 Å². The first-order chi connectivity index (χ1) is 16.0. The molecule has 12 heteroatoms. The molecule has 1 amide bonds. The number of carbonyl (C=O) groups excluding carboxylic acids is 1. The molecule has 2 heterocycles. The second-order valence-electron chi connectivity index (χ2n) is 7.65. The first-order valence-electron chi connectivity index (χ1n) is 9.88. The van der Waals surface area contributed by atoms with Crippen molar-refractivity contribution in [2.45, 2.75) is 18.9 Å². The van der Waals surface area contributed by atoms with E-state index in [4.69, 9.17) is 9.90 Å². The Kier molecular flexibility index (Phi) is 7.82. The number of aromatic nitrogens is 2. The molecule has 1 aromatic heterocycles. The number of benzene rings is 2. The summed E-state index contributed by atoms with van der Waals surface area (Å²) in [6.07, 6.45) is 3.41. The Balaban J connectivity index is 0.000000751. The van der Waals surface area contributed by atoms with Gasteiger partial charge >= 0.3 is 0 Å². The molecule has 0 saturated carbocycles. The van der Waals surface area contributed by atoms with E-state index in [9.17, 15) is 23.1 Å². The van der Waals surface area contributed by atoms with Gasteiger partial charge in [0.15, 0.2) is 11.6 Å². The minimum absolute atomic E-state index is 0.00284. The number of halogens is 4. The number of carbonyl (C=O) groups is 2. The zero-order chi connectivity index (χ0) is 25.0. The van der Waals surface area contributed by atoms with E-state index in [1.165, 1.54) is 17.0 Å². The van der Waals surface area contributed by atoms with Crippen LogP contribution in [-0.2, 0) is 11.2 Å². The van der Waals surface area contributed by atoms with Crippen LogP contribution >= 0.6 is 22.6 Å². The van der Waals surface area contributed by atoms with Crippen molar-refractivity contribution in [3.63, 3.8) is 0 Å². The highest BCUT2D eigenvalue weighted by atomic mass is 127. The third-order valence-electron chi connectivity index (χ3n) is 4.82. The number of H-pyrrole nitrogens is 1. The SMILES string of the molecule is CC(=O)O.O=C(c1ccc(F)c(F)c1Nc1ccc(I)cc1F)N1CC(O)(Cc2ncc[nH]2)C1. The predicted octanol–water partition coefficient (Wildman–Crippen LogP) is 3.70. The molecule has 180 valence electrons. The molecule has 0 unspecified atom stereocenters. The maximum Gasteiger partial charge on any atom is 0.300 e. The fourth-order valence-electron chi connectivity index (χ4n) is 3.37. The van der Waals surface area contributed by atoms with Crippen LogP contribution in [0.25, 0.3) is 0 Å². The number of amides is 1. The zero-order valence-corrected chi connectivity index (χ0v) is 19.9. The summed E-state index contributed by atoms with van der Waals surface area (Å²) in [5.74, 6) is -3.98. The van der Waals surface area contributed by atoms with Crippen molar-refractivity contribution in [2.24, 2.45) is 0 Å². The fourth-order valence-corrected chi connectivity index (χ4v) is 3.83. The molecule has 0 aliphatic carbocycles. The van der Waals surface area contributed by atoms with Crippen molar-refractivity contribution in [2.75, 3.05) is 18.4 Å². The minimum atomic E-state index is -1.29. The Morgan fingerprint density at radius 2 is 1.88 bits per heavy atom. The maximum absolute atomic E-state index is 14.5. The molecule has 0 spiro atoms. The standard InChI is InChI=1S/C20H16F3IN4O2.C2H4O2/c21-13-3-2-12(18(17(13)23)27-15-4-1-11(24)7-14(15)22)19(29)28-9-20(30,10-28)8-16-25-5-6-26-16;1-2(3)4/h1-7,27,30H,8-10H2,(H,25,26);1H3,(H,3,4). The molecule has 0 radical (unpaired) electrons. The highest BCUT2D eigenvalue weighted by Gasteiger charge is 2.45. The van der Waals surface area contributed by atoms with Crippen molar-refractivity contribution in [3.8, 4) is 0 Å². The van der Waals surface area contributed by atoms with Crippen LogP contribution in [0.5, 0.6) is 0 Å². The van der Waals surface area contributed by atoms with Gasteiger partial charge in [0.2, 0.25) is 0 Å². The van der Waals surface area contributed by atoms with Gasteiger partial charge in [0.25, 0.3) is 11.9 Å². The summed E-state index contributed by atoms with van der Waals surface area (Å²) >= 11 is 1.92. The van der Waals surface area contributed by atoms with Crippen LogP contribution in [0, 0.1) is 21.0 Å². The number of likely N-dealkylation sites (tertiary alicyclic amines) is 1. The number of nitrogens with one attached hydrogen (secondary N) is 2. The van der Waals surface area contributed by atoms with E-state index in [2.05, 4.69) is 15.3 Å². The Morgan fingerprint density at radius 3 is 2.47 bits per heavy atom. The molecule has 1 saturated heterocycles. The second-order valence-corrected chi connectivity index (χ2v) is 8.90. The summed E-state index contributed by atoms with van der Waals surface area (Å²) in [4.78, 5) is 30.1. The van der Waals surface area contributed by atoms with Gasteiger partial charge in [0, 0.05) is 29.3 Å². The van der Waals surface area contributed by atoms with Gasteiger partial charge in [-0.1, -0.05) is 0 Å². The van der Waals surface area contributed by atoms with Crippen molar-refractivity contribution in [1.29, 1.82) is 0 Å². The van der Waals surface area contributed by atoms with Crippen LogP contribution in [0.15, 0.2) is 42.7 Å². The lowest BCUT2D eigenvalue weighted by molar-refractivity contribution is -0.134. The van der Waals surface area contributed by atoms with E-state index in [-0.39, 0.29) is 30.8 Å². The second kappa shape index (κ2) is 10.4. The molecule has 2 aromatic carbocycles. The Morgan fingerprint density at radius 1 is 1.21 bits per heavy atom. The molecule has 1 aliphatic rings. The van der Waals surface area contributed by atoms with Crippen molar-refractivity contribution in [1.82, 2.24) is 14.9 Å². The number of hydrogen-bond acceptors (Lipinski definition) is 5. The number of anilines is 2. The van der Waals surface area contributed by atoms with Gasteiger partial charge in [-0.3, -0.25) is 9.59 Å². The van der Waals surface area contributed by atoms with Gasteiger partial charge in [-0.2, -0.15) is 0 Å². The van der Waals surface area contributed by atoms with E-state index < -0.39 is 40.6 Å². The number of aromatic amines is 1. The highest BCUT2D eigenvalue weighted by Crippen LogP contribution is 2.32. The monoisotopic (exact) mass is 588 g/mol. The number of β-amino-alcohol motifs (C(OH)–C–C–N with tert-alkyl or cyclic N) is 1. The number of imidazole rings is 1. The Bertz CT molecular complexity index is 1200. The normalized spacial score (nSPS) is 14.0. The quantitative estimate of drug-likeness (QED) is 0.338. The average molecular weight is 588 g/mol. The largest absolute Gasteiger partial charge is 0.481 e. The molecular formula is C22H20F3IN4O4. The number of aliphatic hydroxyl groups is 1. The third kappa shape index (κ3) is 6.05. The third-order valence-corrected chi connectivity index (χ3v) is 5.50. The van der Waals surface area contributed by atoms with Gasteiger partial charge in [-0.05, 0) is 52.9 Å². The summed E-state index contributed by atoms with van der Waals surface area (Å²) in [6, 6.07) is 6.17. The number of nitrogens with zero attached hydrogens (tertiary/aromatic N) is 2. The lowest BCUT2D eigenvalue weighted by Crippen LogP contribution is -2.64. The molecular weight excluding hydrogens is 568 g/mol. The van der Waals surface area contributed by atoms with Crippen molar-refractivity contribution in [3.05, 3.63) is 75.1 Å². The molecule has 0 atom stereocenters. The molecule has 34 heavy (non-hydrogen) atoms. The summed E-state index contributed by atoms with van der Waals surface area (Å²) in [5.41, 5.74) is -1.87. The van der Waals surface area contributed by atoms with Crippen LogP contribution in [0.1, 0.15) is 23.1 Å². The first kappa shape index (κ1) is 25.5. The van der Waals surface area contributed by atoms with Crippen LogP contribution in [-0.4, -0.2) is 55.6 Å². The van der Waals surface area contributed by atoms with Gasteiger partial charge < -0.3 is 25.4 Å². The molecule has 3 aromatic rings. The van der Waals surface area contributed by atoms with Crippen LogP contribution in [0.4, 0.5) is 24.5 Å². The number of carboxylic acids is 1. The smallest absolute Gasteiger partial charge is 0.300 e. The van der Waals surface area contributed by atoms with Crippen molar-refractivity contribution < 1.29 is 33.0 Å². The van der Waals surface area contributed by atoms with E-state index in [1.54, 1.807) is 18.5 Å². The number of rotatable bonds is 5. The number of hydrogen-bond donors (Lipinski definition) is 4. The maximum atomic E-state index is 14.5. The zero-order valence-electron chi connectivity index (χ0n) is 17.8. The van der Waals surface area contributed by atoms with Crippen LogP contribution in [0.2, 0.25) is 0 Å². The summed E-state index contributed by atoms with van der Waals surface area (Å²) in [5, 5.41) is 20.5. The van der Waals surface area contributed by atoms with E-state index in [0.29, 0.717) is 9.39 Å². The summed E-state index contributed by atoms with van der Waals surface area (Å²) in [6.45, 7) is 1.09. The Labute approximate surface area is 206 Å². The van der Waals surface area contributed by atoms with E-state index in [0.717, 1.165) is 19.1 Å². The van der Waals surface area contributed by atoms with Crippen LogP contribution in [0.3, 0.4) is 0 Å². The average Bonchev–Trinajstić information content (AvgIpc) is 3.23. The number of carboxylic acid groups (broad SMARTS) is 1. The minimum Gasteiger partial charge on any atom is -0.481 e. The van der Waals surface area contributed by atoms with Gasteiger partial charge in [0.1, 0.15) is 17.2 Å². The summed E-state index contributed by atoms with van der Waals surface area (Å²) in [7, 11) is 0. The molecule has 8 nitrogen and oxygen atoms in total. The number of aliphatic carboxylic acids is 1. The molecule has 1 fully saturated rings. The highest BCUT2D eigenvalue weighted by molar-refractivity contribution is 14.1. The molecule has 4 N–H and O–H groups in total. The first-order valence-corrected chi connectivity index (χ1v) is 11.0. The van der Waals surface area contributed by atoms with Crippen molar-refractivity contribution >= 4 is 45.8 Å². The Hall–Kier alpha value is -3.13. The lowest BCUT2D eigenvalue weighted by atomic mass is 9.89. The molecule has 1 aliphatic heterocycles. The van der Waals surface area contributed by atoms with E-state index >= 15 is 0 Å². The fraction of sp³-hybridized carbons (Fsp3) is 0.227. The summed E-state index contributed by atoms with van der Waals surface area (Å²) < 4.78 is 43.2. The van der Waals surface area contributed by atoms with Crippen LogP contribution < -0.4 is 5.32 Å².